The number of ether oxygens (including phenoxy) is 2. The zero-order valence-electron chi connectivity index (χ0n) is 19.2. The Balaban J connectivity index is 1.87. The number of halogens is 5. The number of sulfone groups is 2. The predicted molar refractivity (Wildman–Crippen MR) is 120 cm³/mol. The average molecular weight is 571 g/mol. The van der Waals surface area contributed by atoms with E-state index in [1.54, 1.807) is 0 Å². The normalized spacial score (nSPS) is 24.2. The molecular formula is C23H23F5O7S2. The van der Waals surface area contributed by atoms with E-state index in [2.05, 4.69) is 0 Å². The minimum atomic E-state index is -4.73. The molecule has 0 unspecified atom stereocenters. The van der Waals surface area contributed by atoms with Crippen molar-refractivity contribution in [3.05, 3.63) is 59.2 Å². The van der Waals surface area contributed by atoms with Gasteiger partial charge < -0.3 is 14.6 Å². The zero-order chi connectivity index (χ0) is 27.2. The second kappa shape index (κ2) is 9.79. The molecular weight excluding hydrogens is 547 g/mol. The van der Waals surface area contributed by atoms with Crippen molar-refractivity contribution in [2.75, 3.05) is 31.3 Å². The predicted octanol–water partition coefficient (Wildman–Crippen LogP) is 3.25. The quantitative estimate of drug-likeness (QED) is 0.510. The minimum absolute atomic E-state index is 0.229. The van der Waals surface area contributed by atoms with E-state index in [0.717, 1.165) is 24.3 Å². The monoisotopic (exact) mass is 570 g/mol. The fraction of sp³-hybridized carbons (Fsp3) is 0.478. The van der Waals surface area contributed by atoms with E-state index in [9.17, 15) is 34.4 Å². The van der Waals surface area contributed by atoms with Gasteiger partial charge in [-0.05, 0) is 49.2 Å². The first-order valence-corrected chi connectivity index (χ1v) is 14.5. The molecule has 2 heterocycles. The van der Waals surface area contributed by atoms with Crippen molar-refractivity contribution in [1.82, 2.24) is 0 Å². The van der Waals surface area contributed by atoms with E-state index >= 15 is 4.39 Å². The van der Waals surface area contributed by atoms with Crippen molar-refractivity contribution in [2.45, 2.75) is 34.8 Å². The van der Waals surface area contributed by atoms with Crippen LogP contribution in [-0.2, 0) is 35.3 Å². The maximum absolute atomic E-state index is 15.3. The van der Waals surface area contributed by atoms with E-state index in [1.807, 2.05) is 0 Å². The summed E-state index contributed by atoms with van der Waals surface area (Å²) in [5, 5.41) is 8.98. The second-order valence-corrected chi connectivity index (χ2v) is 13.4. The molecule has 1 N–H and O–H groups in total. The highest BCUT2D eigenvalue weighted by Crippen LogP contribution is 2.56. The number of rotatable bonds is 7. The summed E-state index contributed by atoms with van der Waals surface area (Å²) < 4.78 is 131. The third-order valence-electron chi connectivity index (χ3n) is 6.83. The maximum atomic E-state index is 15.3. The summed E-state index contributed by atoms with van der Waals surface area (Å²) in [7, 11) is -8.45. The van der Waals surface area contributed by atoms with Gasteiger partial charge in [0.25, 0.3) is 0 Å². The van der Waals surface area contributed by atoms with Gasteiger partial charge in [0.2, 0.25) is 0 Å². The molecule has 2 aliphatic heterocycles. The van der Waals surface area contributed by atoms with Gasteiger partial charge in [-0.3, -0.25) is 0 Å². The van der Waals surface area contributed by atoms with E-state index in [1.165, 1.54) is 0 Å². The molecule has 0 aromatic heterocycles. The van der Waals surface area contributed by atoms with E-state index in [0.29, 0.717) is 12.1 Å². The Bertz CT molecular complexity index is 1380. The molecule has 14 heteroatoms. The lowest BCUT2D eigenvalue weighted by Gasteiger charge is -2.50. The van der Waals surface area contributed by atoms with E-state index in [-0.39, 0.29) is 19.4 Å². The van der Waals surface area contributed by atoms with E-state index < -0.39 is 101 Å². The van der Waals surface area contributed by atoms with Crippen LogP contribution >= 0.6 is 0 Å². The summed E-state index contributed by atoms with van der Waals surface area (Å²) in [6, 6.07) is 4.18. The number of aliphatic hydroxyl groups excluding tert-OH is 1. The molecule has 0 amide bonds. The van der Waals surface area contributed by atoms with Crippen molar-refractivity contribution in [1.29, 1.82) is 0 Å². The van der Waals surface area contributed by atoms with E-state index in [4.69, 9.17) is 14.6 Å². The molecule has 0 saturated carbocycles. The molecule has 3 atom stereocenters. The topological polar surface area (TPSA) is 107 Å². The number of hydrogen-bond donors (Lipinski definition) is 1. The first kappa shape index (κ1) is 27.7. The van der Waals surface area contributed by atoms with Gasteiger partial charge in [-0.1, -0.05) is 0 Å². The van der Waals surface area contributed by atoms with Crippen LogP contribution in [0, 0.1) is 17.6 Å². The van der Waals surface area contributed by atoms with Crippen LogP contribution in [0.3, 0.4) is 0 Å². The first-order valence-electron chi connectivity index (χ1n) is 11.2. The molecule has 2 aromatic rings. The van der Waals surface area contributed by atoms with Crippen LogP contribution in [0.15, 0.2) is 41.3 Å². The van der Waals surface area contributed by atoms with Gasteiger partial charge in [-0.15, -0.1) is 0 Å². The van der Waals surface area contributed by atoms with Gasteiger partial charge in [0, 0.05) is 12.5 Å². The fourth-order valence-electron chi connectivity index (χ4n) is 5.08. The van der Waals surface area contributed by atoms with Crippen molar-refractivity contribution in [3.8, 4) is 5.75 Å². The fourth-order valence-corrected chi connectivity index (χ4v) is 8.50. The molecule has 1 saturated heterocycles. The van der Waals surface area contributed by atoms with Crippen LogP contribution < -0.4 is 4.74 Å². The van der Waals surface area contributed by atoms with Crippen LogP contribution in [-0.4, -0.2) is 59.4 Å². The first-order chi connectivity index (χ1) is 17.2. The molecule has 0 radical (unpaired) electrons. The lowest BCUT2D eigenvalue weighted by molar-refractivity contribution is -0.137. The highest BCUT2D eigenvalue weighted by Gasteiger charge is 2.61. The Kier molecular flexibility index (Phi) is 7.34. The standard InChI is InChI=1S/C23H23F5O7S2/c24-17-5-6-18(25)21-20(17)22(37(32,33)15-3-1-14(2-4-15)23(26,27)28)8-10-34-19(16(22)13-35-21)7-11-36(30,31)12-9-29/h1-6,16,19,29H,7-13H2/t16-,19-,22-/m0/s1. The number of hydrogen-bond acceptors (Lipinski definition) is 7. The largest absolute Gasteiger partial charge is 0.490 e. The summed E-state index contributed by atoms with van der Waals surface area (Å²) in [6.07, 6.45) is -6.43. The highest BCUT2D eigenvalue weighted by molar-refractivity contribution is 7.92. The summed E-state index contributed by atoms with van der Waals surface area (Å²) in [5.41, 5.74) is -1.70. The molecule has 0 spiro atoms. The Morgan fingerprint density at radius 1 is 0.973 bits per heavy atom. The third-order valence-corrected chi connectivity index (χ3v) is 11.1. The van der Waals surface area contributed by atoms with Gasteiger partial charge in [-0.2, -0.15) is 13.2 Å². The van der Waals surface area contributed by atoms with Gasteiger partial charge >= 0.3 is 6.18 Å². The average Bonchev–Trinajstić information content (AvgIpc) is 2.83. The summed E-state index contributed by atoms with van der Waals surface area (Å²) in [6.45, 7) is -1.38. The summed E-state index contributed by atoms with van der Waals surface area (Å²) in [5.74, 6) is -4.97. The molecule has 4 rings (SSSR count). The van der Waals surface area contributed by atoms with Crippen LogP contribution in [0.1, 0.15) is 24.0 Å². The van der Waals surface area contributed by atoms with Crippen molar-refractivity contribution >= 4 is 19.7 Å². The number of alkyl halides is 3. The molecule has 204 valence electrons. The smallest absolute Gasteiger partial charge is 0.416 e. The molecule has 7 nitrogen and oxygen atoms in total. The Morgan fingerprint density at radius 3 is 2.24 bits per heavy atom. The van der Waals surface area contributed by atoms with Crippen LogP contribution in [0.25, 0.3) is 0 Å². The Labute approximate surface area is 210 Å². The molecule has 2 aromatic carbocycles. The van der Waals surface area contributed by atoms with Crippen molar-refractivity contribution < 1.29 is 53.4 Å². The Morgan fingerprint density at radius 2 is 1.62 bits per heavy atom. The number of fused-ring (bicyclic) bond motifs is 3. The molecule has 0 bridgehead atoms. The Hall–Kier alpha value is -2.29. The number of benzene rings is 2. The lowest BCUT2D eigenvalue weighted by Crippen LogP contribution is -2.57. The highest BCUT2D eigenvalue weighted by atomic mass is 32.2. The van der Waals surface area contributed by atoms with Crippen LogP contribution in [0.5, 0.6) is 5.75 Å². The third kappa shape index (κ3) is 4.84. The van der Waals surface area contributed by atoms with Crippen molar-refractivity contribution in [3.63, 3.8) is 0 Å². The SMILES string of the molecule is O=S(=O)(CCO)CC[C@@H]1OCC[C@@]2(S(=O)(=O)c3ccc(C(F)(F)F)cc3)c3c(F)ccc(F)c3OC[C@@H]12. The number of aliphatic hydroxyl groups is 1. The summed E-state index contributed by atoms with van der Waals surface area (Å²) >= 11 is 0. The maximum Gasteiger partial charge on any atom is 0.416 e. The second-order valence-electron chi connectivity index (χ2n) is 8.89. The lowest BCUT2D eigenvalue weighted by atomic mass is 9.75. The van der Waals surface area contributed by atoms with Gasteiger partial charge in [-0.25, -0.2) is 25.6 Å². The van der Waals surface area contributed by atoms with Crippen LogP contribution in [0.4, 0.5) is 22.0 Å². The molecule has 0 aliphatic carbocycles. The molecule has 2 aliphatic rings. The van der Waals surface area contributed by atoms with Gasteiger partial charge in [0.1, 0.15) is 10.6 Å². The van der Waals surface area contributed by atoms with Crippen molar-refractivity contribution in [2.24, 2.45) is 5.92 Å². The zero-order valence-corrected chi connectivity index (χ0v) is 20.8. The molecule has 1 fully saturated rings. The minimum Gasteiger partial charge on any atom is -0.490 e. The van der Waals surface area contributed by atoms with Crippen LogP contribution in [0.2, 0.25) is 0 Å². The van der Waals surface area contributed by atoms with Gasteiger partial charge in [0.15, 0.2) is 31.2 Å². The van der Waals surface area contributed by atoms with Gasteiger partial charge in [0.05, 0.1) is 46.8 Å². The summed E-state index contributed by atoms with van der Waals surface area (Å²) in [4.78, 5) is -0.546. The molecule has 37 heavy (non-hydrogen) atoms.